The Morgan fingerprint density at radius 2 is 1.33 bits per heavy atom. The van der Waals surface area contributed by atoms with Gasteiger partial charge >= 0.3 is 0 Å². The summed E-state index contributed by atoms with van der Waals surface area (Å²) in [6.45, 7) is 1.69. The maximum atomic E-state index is 10.7. The number of rotatable bonds is 11. The normalized spacial score (nSPS) is 10.5. The maximum absolute atomic E-state index is 10.7. The Bertz CT molecular complexity index is 145. The van der Waals surface area contributed by atoms with E-state index >= 15 is 0 Å². The van der Waals surface area contributed by atoms with E-state index in [-0.39, 0.29) is 0 Å². The molecule has 0 aromatic heterocycles. The first kappa shape index (κ1) is 15.0. The molecular formula is C13H26OS. The van der Waals surface area contributed by atoms with E-state index in [0.717, 1.165) is 12.8 Å². The molecule has 0 N–H and O–H groups in total. The van der Waals surface area contributed by atoms with Crippen molar-refractivity contribution in [1.82, 2.24) is 0 Å². The standard InChI is InChI=1S/C13H26OS/c1-13(14)11-9-7-5-3-4-6-8-10-12-15-2/h3-12H2,1-2H3. The number of unbranched alkanes of at least 4 members (excludes halogenated alkanes) is 7. The molecule has 0 aliphatic heterocycles. The minimum Gasteiger partial charge on any atom is -0.300 e. The van der Waals surface area contributed by atoms with E-state index in [1.165, 1.54) is 50.7 Å². The maximum Gasteiger partial charge on any atom is 0.129 e. The molecule has 0 atom stereocenters. The first-order valence-electron chi connectivity index (χ1n) is 6.25. The molecule has 0 heterocycles. The minimum atomic E-state index is 0.340. The molecule has 0 aliphatic rings. The SMILES string of the molecule is CSCCCCCCCCCCC(C)=O. The van der Waals surface area contributed by atoms with E-state index < -0.39 is 0 Å². The van der Waals surface area contributed by atoms with Crippen LogP contribution in [-0.2, 0) is 4.79 Å². The summed E-state index contributed by atoms with van der Waals surface area (Å²) < 4.78 is 0. The fourth-order valence-electron chi connectivity index (χ4n) is 1.68. The Morgan fingerprint density at radius 1 is 0.867 bits per heavy atom. The van der Waals surface area contributed by atoms with Crippen LogP contribution in [0.2, 0.25) is 0 Å². The molecule has 0 rings (SSSR count). The summed E-state index contributed by atoms with van der Waals surface area (Å²) in [7, 11) is 0. The molecule has 0 unspecified atom stereocenters. The molecule has 15 heavy (non-hydrogen) atoms. The zero-order valence-electron chi connectivity index (χ0n) is 10.4. The fourth-order valence-corrected chi connectivity index (χ4v) is 2.17. The largest absolute Gasteiger partial charge is 0.300 e. The van der Waals surface area contributed by atoms with Gasteiger partial charge in [-0.2, -0.15) is 11.8 Å². The molecule has 0 spiro atoms. The smallest absolute Gasteiger partial charge is 0.129 e. The number of Topliss-reactive ketones (excluding diaryl/α,β-unsaturated/α-hetero) is 1. The molecule has 0 fully saturated rings. The molecule has 0 radical (unpaired) electrons. The van der Waals surface area contributed by atoms with Gasteiger partial charge in [-0.1, -0.05) is 38.5 Å². The quantitative estimate of drug-likeness (QED) is 0.488. The van der Waals surface area contributed by atoms with E-state index in [0.29, 0.717) is 5.78 Å². The third-order valence-corrected chi connectivity index (χ3v) is 3.32. The molecule has 1 nitrogen and oxygen atoms in total. The Labute approximate surface area is 99.4 Å². The lowest BCUT2D eigenvalue weighted by molar-refractivity contribution is -0.117. The number of carbonyl (C=O) groups is 1. The molecule has 0 aromatic carbocycles. The van der Waals surface area contributed by atoms with Crippen LogP contribution >= 0.6 is 11.8 Å². The molecule has 90 valence electrons. The van der Waals surface area contributed by atoms with Gasteiger partial charge < -0.3 is 4.79 Å². The highest BCUT2D eigenvalue weighted by molar-refractivity contribution is 7.98. The lowest BCUT2D eigenvalue weighted by Gasteiger charge is -2.01. The van der Waals surface area contributed by atoms with Crippen LogP contribution < -0.4 is 0 Å². The average Bonchev–Trinajstić information content (AvgIpc) is 2.20. The summed E-state index contributed by atoms with van der Waals surface area (Å²) in [6, 6.07) is 0. The van der Waals surface area contributed by atoms with Crippen molar-refractivity contribution in [2.24, 2.45) is 0 Å². The Balaban J connectivity index is 2.89. The van der Waals surface area contributed by atoms with Gasteiger partial charge in [-0.25, -0.2) is 0 Å². The lowest BCUT2D eigenvalue weighted by Crippen LogP contribution is -1.89. The molecule has 0 saturated carbocycles. The summed E-state index contributed by atoms with van der Waals surface area (Å²) in [5, 5.41) is 0. The summed E-state index contributed by atoms with van der Waals surface area (Å²) in [5.41, 5.74) is 0. The highest BCUT2D eigenvalue weighted by atomic mass is 32.2. The second-order valence-corrected chi connectivity index (χ2v) is 5.26. The topological polar surface area (TPSA) is 17.1 Å². The summed E-state index contributed by atoms with van der Waals surface area (Å²) in [4.78, 5) is 10.7. The van der Waals surface area contributed by atoms with Gasteiger partial charge in [0.25, 0.3) is 0 Å². The zero-order valence-corrected chi connectivity index (χ0v) is 11.2. The number of hydrogen-bond donors (Lipinski definition) is 0. The van der Waals surface area contributed by atoms with Gasteiger partial charge in [0.2, 0.25) is 0 Å². The third kappa shape index (κ3) is 14.0. The van der Waals surface area contributed by atoms with E-state index in [1.54, 1.807) is 6.92 Å². The van der Waals surface area contributed by atoms with Crippen LogP contribution in [0.5, 0.6) is 0 Å². The van der Waals surface area contributed by atoms with Crippen molar-refractivity contribution in [2.75, 3.05) is 12.0 Å². The van der Waals surface area contributed by atoms with Crippen molar-refractivity contribution in [2.45, 2.75) is 64.7 Å². The molecule has 0 aromatic rings. The third-order valence-electron chi connectivity index (χ3n) is 2.63. The van der Waals surface area contributed by atoms with Crippen LogP contribution in [0.1, 0.15) is 64.7 Å². The van der Waals surface area contributed by atoms with Crippen molar-refractivity contribution in [3.05, 3.63) is 0 Å². The molecular weight excluding hydrogens is 204 g/mol. The predicted octanol–water partition coefficient (Wildman–Crippen LogP) is 4.45. The van der Waals surface area contributed by atoms with E-state index in [4.69, 9.17) is 0 Å². The van der Waals surface area contributed by atoms with Gasteiger partial charge in [-0.05, 0) is 31.8 Å². The van der Waals surface area contributed by atoms with Gasteiger partial charge in [-0.3, -0.25) is 0 Å². The highest BCUT2D eigenvalue weighted by Crippen LogP contribution is 2.10. The van der Waals surface area contributed by atoms with Crippen molar-refractivity contribution >= 4 is 17.5 Å². The second kappa shape index (κ2) is 12.1. The number of ketones is 1. The Hall–Kier alpha value is 0.0200. The zero-order chi connectivity index (χ0) is 11.4. The van der Waals surface area contributed by atoms with Crippen molar-refractivity contribution < 1.29 is 4.79 Å². The number of carbonyl (C=O) groups excluding carboxylic acids is 1. The van der Waals surface area contributed by atoms with Crippen LogP contribution in [0, 0.1) is 0 Å². The van der Waals surface area contributed by atoms with Crippen molar-refractivity contribution in [3.8, 4) is 0 Å². The lowest BCUT2D eigenvalue weighted by atomic mass is 10.1. The molecule has 0 aliphatic carbocycles. The fraction of sp³-hybridized carbons (Fsp3) is 0.923. The molecule has 0 saturated heterocycles. The van der Waals surface area contributed by atoms with E-state index in [1.807, 2.05) is 11.8 Å². The second-order valence-electron chi connectivity index (χ2n) is 4.27. The van der Waals surface area contributed by atoms with Crippen LogP contribution in [0.3, 0.4) is 0 Å². The molecule has 0 amide bonds. The molecule has 2 heteroatoms. The monoisotopic (exact) mass is 230 g/mol. The number of thioether (sulfide) groups is 1. The van der Waals surface area contributed by atoms with Crippen LogP contribution in [0.4, 0.5) is 0 Å². The highest BCUT2D eigenvalue weighted by Gasteiger charge is 1.94. The van der Waals surface area contributed by atoms with E-state index in [2.05, 4.69) is 6.26 Å². The van der Waals surface area contributed by atoms with Gasteiger partial charge in [0.05, 0.1) is 0 Å². The summed E-state index contributed by atoms with van der Waals surface area (Å²) in [5.74, 6) is 1.66. The van der Waals surface area contributed by atoms with Crippen molar-refractivity contribution in [3.63, 3.8) is 0 Å². The van der Waals surface area contributed by atoms with Gasteiger partial charge in [0.1, 0.15) is 5.78 Å². The Kier molecular flexibility index (Phi) is 12.1. The van der Waals surface area contributed by atoms with Gasteiger partial charge in [-0.15, -0.1) is 0 Å². The Morgan fingerprint density at radius 3 is 1.80 bits per heavy atom. The van der Waals surface area contributed by atoms with Crippen molar-refractivity contribution in [1.29, 1.82) is 0 Å². The van der Waals surface area contributed by atoms with E-state index in [9.17, 15) is 4.79 Å². The first-order valence-corrected chi connectivity index (χ1v) is 7.65. The number of hydrogen-bond acceptors (Lipinski definition) is 2. The first-order chi connectivity index (χ1) is 7.27. The predicted molar refractivity (Wildman–Crippen MR) is 70.6 cm³/mol. The van der Waals surface area contributed by atoms with Crippen LogP contribution in [-0.4, -0.2) is 17.8 Å². The van der Waals surface area contributed by atoms with Crippen LogP contribution in [0.25, 0.3) is 0 Å². The van der Waals surface area contributed by atoms with Gasteiger partial charge in [0, 0.05) is 6.42 Å². The van der Waals surface area contributed by atoms with Gasteiger partial charge in [0.15, 0.2) is 0 Å². The average molecular weight is 230 g/mol. The summed E-state index contributed by atoms with van der Waals surface area (Å²) in [6.07, 6.45) is 13.5. The summed E-state index contributed by atoms with van der Waals surface area (Å²) >= 11 is 1.95. The van der Waals surface area contributed by atoms with Crippen LogP contribution in [0.15, 0.2) is 0 Å². The minimum absolute atomic E-state index is 0.340. The molecule has 0 bridgehead atoms.